The van der Waals surface area contributed by atoms with Crippen molar-refractivity contribution in [2.24, 2.45) is 0 Å². The maximum absolute atomic E-state index is 11.1. The molecule has 2 aromatic carbocycles. The SMILES string of the molecule is C=CC(=O)OCC(O)CC(O)COc1ccc2cc(-c3ccc(CCCCC)cc3C)sc2c1. The number of aryl methyl sites for hydroxylation is 2. The molecule has 3 rings (SSSR count). The number of carbonyl (C=O) groups is 1. The van der Waals surface area contributed by atoms with Gasteiger partial charge in [-0.25, -0.2) is 4.79 Å². The Morgan fingerprint density at radius 3 is 2.62 bits per heavy atom. The highest BCUT2D eigenvalue weighted by molar-refractivity contribution is 7.22. The van der Waals surface area contributed by atoms with E-state index in [1.165, 1.54) is 40.8 Å². The van der Waals surface area contributed by atoms with Crippen molar-refractivity contribution in [3.8, 4) is 16.2 Å². The number of esters is 1. The molecule has 0 aliphatic rings. The van der Waals surface area contributed by atoms with Gasteiger partial charge >= 0.3 is 5.97 Å². The van der Waals surface area contributed by atoms with E-state index in [2.05, 4.69) is 44.7 Å². The highest BCUT2D eigenvalue weighted by Crippen LogP contribution is 2.37. The molecule has 6 heteroatoms. The molecule has 0 aliphatic carbocycles. The Morgan fingerprint density at radius 2 is 1.88 bits per heavy atom. The van der Waals surface area contributed by atoms with E-state index in [9.17, 15) is 15.0 Å². The molecule has 34 heavy (non-hydrogen) atoms. The van der Waals surface area contributed by atoms with Gasteiger partial charge in [-0.05, 0) is 66.1 Å². The fourth-order valence-corrected chi connectivity index (χ4v) is 5.03. The topological polar surface area (TPSA) is 76.0 Å². The van der Waals surface area contributed by atoms with Crippen LogP contribution in [0.3, 0.4) is 0 Å². The second-order valence-electron chi connectivity index (χ2n) is 8.61. The maximum Gasteiger partial charge on any atom is 0.330 e. The minimum atomic E-state index is -0.967. The fourth-order valence-electron chi connectivity index (χ4n) is 3.85. The Kier molecular flexibility index (Phi) is 9.69. The van der Waals surface area contributed by atoms with Crippen LogP contribution >= 0.6 is 11.3 Å². The van der Waals surface area contributed by atoms with E-state index in [4.69, 9.17) is 9.47 Å². The molecule has 5 nitrogen and oxygen atoms in total. The first-order valence-electron chi connectivity index (χ1n) is 11.8. The summed E-state index contributed by atoms with van der Waals surface area (Å²) in [5.41, 5.74) is 3.94. The van der Waals surface area contributed by atoms with Crippen LogP contribution in [0.25, 0.3) is 20.5 Å². The van der Waals surface area contributed by atoms with Gasteiger partial charge in [0, 0.05) is 22.1 Å². The summed E-state index contributed by atoms with van der Waals surface area (Å²) in [6.45, 7) is 7.54. The Balaban J connectivity index is 1.59. The third-order valence-electron chi connectivity index (χ3n) is 5.69. The van der Waals surface area contributed by atoms with Crippen LogP contribution in [-0.2, 0) is 16.0 Å². The Bertz CT molecular complexity index is 1100. The van der Waals surface area contributed by atoms with Crippen LogP contribution in [0.1, 0.15) is 43.7 Å². The lowest BCUT2D eigenvalue weighted by Crippen LogP contribution is -2.27. The van der Waals surface area contributed by atoms with Crippen LogP contribution in [0, 0.1) is 6.92 Å². The van der Waals surface area contributed by atoms with E-state index >= 15 is 0 Å². The summed E-state index contributed by atoms with van der Waals surface area (Å²) < 4.78 is 11.6. The normalized spacial score (nSPS) is 12.9. The van der Waals surface area contributed by atoms with Crippen molar-refractivity contribution in [2.75, 3.05) is 13.2 Å². The Morgan fingerprint density at radius 1 is 1.09 bits per heavy atom. The highest BCUT2D eigenvalue weighted by Gasteiger charge is 2.15. The number of ether oxygens (including phenoxy) is 2. The number of carbonyl (C=O) groups excluding carboxylic acids is 1. The van der Waals surface area contributed by atoms with Gasteiger partial charge in [-0.3, -0.25) is 0 Å². The largest absolute Gasteiger partial charge is 0.491 e. The van der Waals surface area contributed by atoms with Gasteiger partial charge in [0.2, 0.25) is 0 Å². The van der Waals surface area contributed by atoms with Gasteiger partial charge in [0.05, 0.1) is 12.2 Å². The molecule has 3 aromatic rings. The fraction of sp³-hybridized carbons (Fsp3) is 0.393. The predicted octanol–water partition coefficient (Wildman–Crippen LogP) is 5.83. The van der Waals surface area contributed by atoms with Gasteiger partial charge in [-0.15, -0.1) is 11.3 Å². The molecule has 0 saturated heterocycles. The molecule has 2 atom stereocenters. The number of benzene rings is 2. The molecule has 0 aliphatic heterocycles. The van der Waals surface area contributed by atoms with Gasteiger partial charge in [0.15, 0.2) is 0 Å². The monoisotopic (exact) mass is 482 g/mol. The van der Waals surface area contributed by atoms with Crippen molar-refractivity contribution in [2.45, 2.75) is 58.2 Å². The van der Waals surface area contributed by atoms with E-state index < -0.39 is 18.2 Å². The molecule has 1 heterocycles. The van der Waals surface area contributed by atoms with Crippen molar-refractivity contribution < 1.29 is 24.5 Å². The summed E-state index contributed by atoms with van der Waals surface area (Å²) in [4.78, 5) is 12.3. The minimum absolute atomic E-state index is 0.0365. The first-order valence-corrected chi connectivity index (χ1v) is 12.6. The molecule has 0 amide bonds. The predicted molar refractivity (Wildman–Crippen MR) is 139 cm³/mol. The molecule has 2 unspecified atom stereocenters. The number of hydrogen-bond acceptors (Lipinski definition) is 6. The van der Waals surface area contributed by atoms with Gasteiger partial charge in [0.25, 0.3) is 0 Å². The summed E-state index contributed by atoms with van der Waals surface area (Å²) >= 11 is 1.72. The van der Waals surface area contributed by atoms with E-state index in [0.29, 0.717) is 5.75 Å². The van der Waals surface area contributed by atoms with Crippen molar-refractivity contribution in [3.63, 3.8) is 0 Å². The number of rotatable bonds is 13. The number of aliphatic hydroxyl groups is 2. The third-order valence-corrected chi connectivity index (χ3v) is 6.82. The molecule has 0 fully saturated rings. The van der Waals surface area contributed by atoms with Crippen LogP contribution in [-0.4, -0.2) is 41.6 Å². The average molecular weight is 483 g/mol. The lowest BCUT2D eigenvalue weighted by molar-refractivity contribution is -0.141. The number of fused-ring (bicyclic) bond motifs is 1. The molecule has 0 saturated carbocycles. The van der Waals surface area contributed by atoms with Crippen LogP contribution < -0.4 is 4.74 Å². The summed E-state index contributed by atoms with van der Waals surface area (Å²) in [5, 5.41) is 21.2. The molecule has 1 aromatic heterocycles. The van der Waals surface area contributed by atoms with Crippen molar-refractivity contribution in [1.29, 1.82) is 0 Å². The van der Waals surface area contributed by atoms with Crippen LogP contribution in [0.15, 0.2) is 55.1 Å². The zero-order valence-corrected chi connectivity index (χ0v) is 20.8. The quantitative estimate of drug-likeness (QED) is 0.182. The third kappa shape index (κ3) is 7.42. The van der Waals surface area contributed by atoms with E-state index in [-0.39, 0.29) is 19.6 Å². The van der Waals surface area contributed by atoms with Gasteiger partial charge in [-0.1, -0.05) is 44.5 Å². The Hall–Kier alpha value is -2.67. The lowest BCUT2D eigenvalue weighted by atomic mass is 10.00. The zero-order chi connectivity index (χ0) is 24.5. The summed E-state index contributed by atoms with van der Waals surface area (Å²) in [6.07, 6.45) is 4.09. The van der Waals surface area contributed by atoms with Crippen LogP contribution in [0.5, 0.6) is 5.75 Å². The number of aliphatic hydroxyl groups excluding tert-OH is 2. The lowest BCUT2D eigenvalue weighted by Gasteiger charge is -2.16. The summed E-state index contributed by atoms with van der Waals surface area (Å²) in [7, 11) is 0. The molecular weight excluding hydrogens is 448 g/mol. The van der Waals surface area contributed by atoms with Gasteiger partial charge in [-0.2, -0.15) is 0 Å². The first kappa shape index (κ1) is 25.9. The molecule has 0 spiro atoms. The molecule has 0 bridgehead atoms. The summed E-state index contributed by atoms with van der Waals surface area (Å²) in [6, 6.07) is 14.9. The molecule has 0 radical (unpaired) electrons. The first-order chi connectivity index (χ1) is 16.4. The second kappa shape index (κ2) is 12.7. The Labute approximate surface area is 205 Å². The smallest absolute Gasteiger partial charge is 0.330 e. The number of thiophene rings is 1. The van der Waals surface area contributed by atoms with Crippen LogP contribution in [0.4, 0.5) is 0 Å². The number of unbranched alkanes of at least 4 members (excludes halogenated alkanes) is 2. The van der Waals surface area contributed by atoms with E-state index in [1.807, 2.05) is 18.2 Å². The van der Waals surface area contributed by atoms with Gasteiger partial charge in [0.1, 0.15) is 19.0 Å². The number of hydrogen-bond donors (Lipinski definition) is 2. The molecule has 2 N–H and O–H groups in total. The maximum atomic E-state index is 11.1. The minimum Gasteiger partial charge on any atom is -0.491 e. The van der Waals surface area contributed by atoms with E-state index in [1.54, 1.807) is 11.3 Å². The zero-order valence-electron chi connectivity index (χ0n) is 20.0. The van der Waals surface area contributed by atoms with Crippen molar-refractivity contribution >= 4 is 27.4 Å². The highest BCUT2D eigenvalue weighted by atomic mass is 32.1. The summed E-state index contributed by atoms with van der Waals surface area (Å²) in [5.74, 6) is 0.0574. The second-order valence-corrected chi connectivity index (χ2v) is 9.69. The molecule has 182 valence electrons. The van der Waals surface area contributed by atoms with Crippen molar-refractivity contribution in [3.05, 3.63) is 66.2 Å². The van der Waals surface area contributed by atoms with Crippen molar-refractivity contribution in [1.82, 2.24) is 0 Å². The standard InChI is InChI=1S/C28H34O5S/c1-4-6-7-8-20-9-12-25(19(3)13-20)27-14-21-10-11-24(16-26(21)34-27)32-17-22(29)15-23(30)18-33-28(31)5-2/h5,9-14,16,22-23,29-30H,2,4,6-8,15,17-18H2,1,3H3. The van der Waals surface area contributed by atoms with Gasteiger partial charge < -0.3 is 19.7 Å². The van der Waals surface area contributed by atoms with Crippen LogP contribution in [0.2, 0.25) is 0 Å². The molecular formula is C28H34O5S. The van der Waals surface area contributed by atoms with E-state index in [0.717, 1.165) is 22.6 Å². The average Bonchev–Trinajstić information content (AvgIpc) is 3.24.